The summed E-state index contributed by atoms with van der Waals surface area (Å²) >= 11 is 2.14. The van der Waals surface area contributed by atoms with Gasteiger partial charge in [-0.2, -0.15) is 11.8 Å². The van der Waals surface area contributed by atoms with Gasteiger partial charge in [0.15, 0.2) is 0 Å². The van der Waals surface area contributed by atoms with E-state index in [9.17, 15) is 0 Å². The van der Waals surface area contributed by atoms with E-state index in [-0.39, 0.29) is 0 Å². The van der Waals surface area contributed by atoms with Crippen LogP contribution in [0.25, 0.3) is 0 Å². The van der Waals surface area contributed by atoms with Crippen molar-refractivity contribution in [1.82, 2.24) is 10.2 Å². The second-order valence-electron chi connectivity index (χ2n) is 4.82. The maximum atomic E-state index is 3.51. The Balaban J connectivity index is 1.79. The van der Waals surface area contributed by atoms with Crippen LogP contribution in [0.5, 0.6) is 0 Å². The van der Waals surface area contributed by atoms with Gasteiger partial charge >= 0.3 is 0 Å². The molecule has 2 heterocycles. The van der Waals surface area contributed by atoms with Crippen molar-refractivity contribution in [1.29, 1.82) is 0 Å². The van der Waals surface area contributed by atoms with Gasteiger partial charge < -0.3 is 5.32 Å². The summed E-state index contributed by atoms with van der Waals surface area (Å²) in [6.07, 6.45) is 4.20. The van der Waals surface area contributed by atoms with Crippen molar-refractivity contribution < 1.29 is 0 Å². The van der Waals surface area contributed by atoms with Gasteiger partial charge in [0.2, 0.25) is 0 Å². The Morgan fingerprint density at radius 2 is 2.13 bits per heavy atom. The normalized spacial score (nSPS) is 30.6. The number of piperazine rings is 1. The van der Waals surface area contributed by atoms with E-state index in [2.05, 4.69) is 28.9 Å². The summed E-state index contributed by atoms with van der Waals surface area (Å²) < 4.78 is 0. The van der Waals surface area contributed by atoms with E-state index < -0.39 is 0 Å². The Kier molecular flexibility index (Phi) is 4.79. The van der Waals surface area contributed by atoms with Crippen LogP contribution < -0.4 is 5.32 Å². The Morgan fingerprint density at radius 1 is 1.33 bits per heavy atom. The van der Waals surface area contributed by atoms with E-state index >= 15 is 0 Å². The molecule has 2 rings (SSSR count). The van der Waals surface area contributed by atoms with Crippen LogP contribution in [0, 0.1) is 5.92 Å². The van der Waals surface area contributed by atoms with Crippen molar-refractivity contribution in [3.63, 3.8) is 0 Å². The minimum absolute atomic E-state index is 0.799. The third kappa shape index (κ3) is 3.36. The SMILES string of the molecule is CCC1CNCCN1CC1CCSCC1. The predicted molar refractivity (Wildman–Crippen MR) is 68.6 cm³/mol. The van der Waals surface area contributed by atoms with Crippen LogP contribution in [0.15, 0.2) is 0 Å². The molecule has 0 aromatic rings. The molecule has 0 aromatic carbocycles. The van der Waals surface area contributed by atoms with Crippen LogP contribution in [0.4, 0.5) is 0 Å². The number of thioether (sulfide) groups is 1. The van der Waals surface area contributed by atoms with Gasteiger partial charge in [-0.05, 0) is 36.7 Å². The van der Waals surface area contributed by atoms with Gasteiger partial charge in [-0.3, -0.25) is 4.90 Å². The summed E-state index contributed by atoms with van der Waals surface area (Å²) in [4.78, 5) is 2.73. The molecule has 2 aliphatic rings. The van der Waals surface area contributed by atoms with Gasteiger partial charge in [-0.1, -0.05) is 6.92 Å². The van der Waals surface area contributed by atoms with Crippen LogP contribution in [0.1, 0.15) is 26.2 Å². The first kappa shape index (κ1) is 11.7. The van der Waals surface area contributed by atoms with Crippen molar-refractivity contribution in [2.75, 3.05) is 37.7 Å². The number of hydrogen-bond acceptors (Lipinski definition) is 3. The van der Waals surface area contributed by atoms with E-state index in [0.717, 1.165) is 12.0 Å². The molecule has 2 saturated heterocycles. The molecule has 3 heteroatoms. The van der Waals surface area contributed by atoms with E-state index in [1.54, 1.807) is 0 Å². The third-order valence-electron chi connectivity index (χ3n) is 3.78. The van der Waals surface area contributed by atoms with Crippen molar-refractivity contribution in [3.05, 3.63) is 0 Å². The zero-order valence-corrected chi connectivity index (χ0v) is 10.7. The second kappa shape index (κ2) is 6.12. The lowest BCUT2D eigenvalue weighted by molar-refractivity contribution is 0.130. The first-order chi connectivity index (χ1) is 7.40. The van der Waals surface area contributed by atoms with Crippen molar-refractivity contribution >= 4 is 11.8 Å². The van der Waals surface area contributed by atoms with Gasteiger partial charge in [0.1, 0.15) is 0 Å². The van der Waals surface area contributed by atoms with Gasteiger partial charge in [0.05, 0.1) is 0 Å². The number of hydrogen-bond donors (Lipinski definition) is 1. The molecule has 1 N–H and O–H groups in total. The zero-order chi connectivity index (χ0) is 10.5. The van der Waals surface area contributed by atoms with Crippen LogP contribution in [0.3, 0.4) is 0 Å². The number of nitrogens with zero attached hydrogens (tertiary/aromatic N) is 1. The van der Waals surface area contributed by atoms with Crippen LogP contribution in [-0.4, -0.2) is 48.6 Å². The summed E-state index contributed by atoms with van der Waals surface area (Å²) in [5.41, 5.74) is 0. The lowest BCUT2D eigenvalue weighted by atomic mass is 10.00. The molecule has 0 bridgehead atoms. The smallest absolute Gasteiger partial charge is 0.0218 e. The van der Waals surface area contributed by atoms with Crippen LogP contribution in [-0.2, 0) is 0 Å². The predicted octanol–water partition coefficient (Wildman–Crippen LogP) is 1.81. The third-order valence-corrected chi connectivity index (χ3v) is 4.83. The second-order valence-corrected chi connectivity index (χ2v) is 6.04. The minimum Gasteiger partial charge on any atom is -0.314 e. The molecular weight excluding hydrogens is 204 g/mol. The topological polar surface area (TPSA) is 15.3 Å². The summed E-state index contributed by atoms with van der Waals surface area (Å²) in [7, 11) is 0. The van der Waals surface area contributed by atoms with Crippen molar-refractivity contribution in [2.24, 2.45) is 5.92 Å². The molecule has 0 aliphatic carbocycles. The van der Waals surface area contributed by atoms with Gasteiger partial charge in [-0.15, -0.1) is 0 Å². The molecule has 88 valence electrons. The Labute approximate surface area is 98.2 Å². The van der Waals surface area contributed by atoms with E-state index in [4.69, 9.17) is 0 Å². The van der Waals surface area contributed by atoms with Crippen molar-refractivity contribution in [3.8, 4) is 0 Å². The molecule has 2 aliphatic heterocycles. The lowest BCUT2D eigenvalue weighted by Crippen LogP contribution is -2.52. The highest BCUT2D eigenvalue weighted by Crippen LogP contribution is 2.24. The van der Waals surface area contributed by atoms with Gasteiger partial charge in [0.25, 0.3) is 0 Å². The molecular formula is C12H24N2S. The highest BCUT2D eigenvalue weighted by atomic mass is 32.2. The van der Waals surface area contributed by atoms with Crippen molar-refractivity contribution in [2.45, 2.75) is 32.2 Å². The highest BCUT2D eigenvalue weighted by molar-refractivity contribution is 7.99. The quantitative estimate of drug-likeness (QED) is 0.793. The molecule has 15 heavy (non-hydrogen) atoms. The molecule has 2 nitrogen and oxygen atoms in total. The summed E-state index contributed by atoms with van der Waals surface area (Å²) in [6.45, 7) is 7.35. The first-order valence-electron chi connectivity index (χ1n) is 6.42. The fraction of sp³-hybridized carbons (Fsp3) is 1.00. The average Bonchev–Trinajstić information content (AvgIpc) is 2.31. The largest absolute Gasteiger partial charge is 0.314 e. The molecule has 1 unspecified atom stereocenters. The summed E-state index contributed by atoms with van der Waals surface area (Å²) in [5, 5.41) is 3.51. The molecule has 1 atom stereocenters. The van der Waals surface area contributed by atoms with E-state index in [0.29, 0.717) is 0 Å². The molecule has 0 amide bonds. The van der Waals surface area contributed by atoms with E-state index in [1.165, 1.54) is 56.9 Å². The van der Waals surface area contributed by atoms with Crippen LogP contribution >= 0.6 is 11.8 Å². The summed E-state index contributed by atoms with van der Waals surface area (Å²) in [5.74, 6) is 3.78. The fourth-order valence-electron chi connectivity index (χ4n) is 2.71. The maximum absolute atomic E-state index is 3.51. The number of nitrogens with one attached hydrogen (secondary N) is 1. The number of rotatable bonds is 3. The lowest BCUT2D eigenvalue weighted by Gasteiger charge is -2.38. The van der Waals surface area contributed by atoms with E-state index in [1.807, 2.05) is 0 Å². The maximum Gasteiger partial charge on any atom is 0.0218 e. The molecule has 0 radical (unpaired) electrons. The fourth-order valence-corrected chi connectivity index (χ4v) is 3.91. The Hall–Kier alpha value is 0.270. The van der Waals surface area contributed by atoms with Gasteiger partial charge in [-0.25, -0.2) is 0 Å². The van der Waals surface area contributed by atoms with Gasteiger partial charge in [0, 0.05) is 32.2 Å². The average molecular weight is 228 g/mol. The molecule has 0 spiro atoms. The molecule has 2 fully saturated rings. The monoisotopic (exact) mass is 228 g/mol. The minimum atomic E-state index is 0.799. The molecule has 0 aromatic heterocycles. The summed E-state index contributed by atoms with van der Waals surface area (Å²) in [6, 6.07) is 0.799. The molecule has 0 saturated carbocycles. The zero-order valence-electron chi connectivity index (χ0n) is 9.87. The van der Waals surface area contributed by atoms with Crippen LogP contribution in [0.2, 0.25) is 0 Å². The Morgan fingerprint density at radius 3 is 2.87 bits per heavy atom. The first-order valence-corrected chi connectivity index (χ1v) is 7.58. The Bertz CT molecular complexity index is 180. The highest BCUT2D eigenvalue weighted by Gasteiger charge is 2.24. The standard InChI is InChI=1S/C12H24N2S/c1-2-12-9-13-5-6-14(12)10-11-3-7-15-8-4-11/h11-13H,2-10H2,1H3.